The maximum absolute atomic E-state index is 3.79. The molecule has 0 aliphatic carbocycles. The van der Waals surface area contributed by atoms with E-state index in [0.29, 0.717) is 0 Å². The molecule has 0 atom stereocenters. The maximum Gasteiger partial charge on any atom is 0.0205 e. The first-order chi connectivity index (χ1) is 5.93. The van der Waals surface area contributed by atoms with Crippen molar-refractivity contribution in [3.05, 3.63) is 42.8 Å². The Labute approximate surface area is 74.8 Å². The molecule has 12 heavy (non-hydrogen) atoms. The fourth-order valence-electron chi connectivity index (χ4n) is 1.08. The van der Waals surface area contributed by atoms with Crippen LogP contribution in [0.5, 0.6) is 0 Å². The molecule has 0 heterocycles. The monoisotopic (exact) mass is 162 g/mol. The number of unbranched alkanes of at least 4 members (excludes halogenated alkanes) is 1. The number of benzene rings is 1. The lowest BCUT2D eigenvalue weighted by atomic mass is 10.2. The van der Waals surface area contributed by atoms with Crippen molar-refractivity contribution < 1.29 is 0 Å². The van der Waals surface area contributed by atoms with E-state index in [0.717, 1.165) is 25.9 Å². The van der Waals surface area contributed by atoms with Gasteiger partial charge in [0, 0.05) is 6.54 Å². The van der Waals surface area contributed by atoms with Crippen molar-refractivity contribution >= 4 is 0 Å². The summed E-state index contributed by atoms with van der Waals surface area (Å²) in [6.07, 6.45) is 2.18. The summed E-state index contributed by atoms with van der Waals surface area (Å²) in [6, 6.07) is 10.4. The van der Waals surface area contributed by atoms with E-state index in [1.54, 1.807) is 0 Å². The summed E-state index contributed by atoms with van der Waals surface area (Å²) < 4.78 is 0. The minimum atomic E-state index is 0.973. The summed E-state index contributed by atoms with van der Waals surface area (Å²) in [5.74, 6) is 0. The Bertz CT molecular complexity index is 193. The molecule has 1 heteroatoms. The largest absolute Gasteiger partial charge is 0.313 e. The SMILES string of the molecule is [CH2]CCCNCc1ccccc1. The lowest BCUT2D eigenvalue weighted by molar-refractivity contribution is 0.654. The Balaban J connectivity index is 2.16. The first-order valence-corrected chi connectivity index (χ1v) is 4.47. The van der Waals surface area contributed by atoms with Gasteiger partial charge in [-0.3, -0.25) is 0 Å². The van der Waals surface area contributed by atoms with Gasteiger partial charge in [0.25, 0.3) is 0 Å². The Morgan fingerprint density at radius 1 is 1.17 bits per heavy atom. The zero-order valence-corrected chi connectivity index (χ0v) is 7.42. The Morgan fingerprint density at radius 3 is 2.58 bits per heavy atom. The molecule has 0 spiro atoms. The third-order valence-corrected chi connectivity index (χ3v) is 1.78. The molecule has 1 rings (SSSR count). The average Bonchev–Trinajstić information content (AvgIpc) is 2.14. The Kier molecular flexibility index (Phi) is 4.47. The van der Waals surface area contributed by atoms with Gasteiger partial charge in [0.2, 0.25) is 0 Å². The van der Waals surface area contributed by atoms with Crippen LogP contribution in [0.25, 0.3) is 0 Å². The van der Waals surface area contributed by atoms with Crippen LogP contribution in [0.2, 0.25) is 0 Å². The molecular weight excluding hydrogens is 146 g/mol. The van der Waals surface area contributed by atoms with Crippen LogP contribution in [-0.4, -0.2) is 6.54 Å². The predicted octanol–water partition coefficient (Wildman–Crippen LogP) is 2.39. The van der Waals surface area contributed by atoms with E-state index in [2.05, 4.69) is 36.5 Å². The lowest BCUT2D eigenvalue weighted by Gasteiger charge is -2.02. The summed E-state index contributed by atoms with van der Waals surface area (Å²) >= 11 is 0. The summed E-state index contributed by atoms with van der Waals surface area (Å²) in [4.78, 5) is 0. The fraction of sp³-hybridized carbons (Fsp3) is 0.364. The second-order valence-electron chi connectivity index (χ2n) is 2.87. The molecule has 65 valence electrons. The molecule has 0 unspecified atom stereocenters. The van der Waals surface area contributed by atoms with Crippen LogP contribution < -0.4 is 5.32 Å². The number of nitrogens with one attached hydrogen (secondary N) is 1. The molecule has 0 saturated heterocycles. The average molecular weight is 162 g/mol. The van der Waals surface area contributed by atoms with E-state index in [-0.39, 0.29) is 0 Å². The van der Waals surface area contributed by atoms with Crippen LogP contribution >= 0.6 is 0 Å². The van der Waals surface area contributed by atoms with Gasteiger partial charge in [-0.2, -0.15) is 0 Å². The van der Waals surface area contributed by atoms with Gasteiger partial charge in [0.05, 0.1) is 0 Å². The molecule has 1 radical (unpaired) electrons. The second kappa shape index (κ2) is 5.78. The highest BCUT2D eigenvalue weighted by Crippen LogP contribution is 1.96. The van der Waals surface area contributed by atoms with Crippen molar-refractivity contribution in [3.63, 3.8) is 0 Å². The fourth-order valence-corrected chi connectivity index (χ4v) is 1.08. The van der Waals surface area contributed by atoms with Crippen molar-refractivity contribution in [2.45, 2.75) is 19.4 Å². The highest BCUT2D eigenvalue weighted by atomic mass is 14.8. The van der Waals surface area contributed by atoms with E-state index in [4.69, 9.17) is 0 Å². The van der Waals surface area contributed by atoms with Gasteiger partial charge >= 0.3 is 0 Å². The number of hydrogen-bond donors (Lipinski definition) is 1. The first-order valence-electron chi connectivity index (χ1n) is 4.47. The number of rotatable bonds is 5. The Hall–Kier alpha value is -0.820. The van der Waals surface area contributed by atoms with Gasteiger partial charge in [-0.1, -0.05) is 43.7 Å². The van der Waals surface area contributed by atoms with Crippen LogP contribution in [0.4, 0.5) is 0 Å². The van der Waals surface area contributed by atoms with Crippen molar-refractivity contribution in [2.24, 2.45) is 0 Å². The molecule has 0 aliphatic rings. The molecule has 0 fully saturated rings. The van der Waals surface area contributed by atoms with Gasteiger partial charge < -0.3 is 5.32 Å². The van der Waals surface area contributed by atoms with Gasteiger partial charge in [-0.25, -0.2) is 0 Å². The van der Waals surface area contributed by atoms with E-state index >= 15 is 0 Å². The van der Waals surface area contributed by atoms with Gasteiger partial charge in [-0.05, 0) is 18.5 Å². The zero-order chi connectivity index (χ0) is 8.65. The summed E-state index contributed by atoms with van der Waals surface area (Å²) in [5, 5.41) is 3.36. The molecule has 1 N–H and O–H groups in total. The first kappa shape index (κ1) is 9.27. The van der Waals surface area contributed by atoms with E-state index < -0.39 is 0 Å². The molecule has 1 aromatic rings. The van der Waals surface area contributed by atoms with Gasteiger partial charge in [0.15, 0.2) is 0 Å². The second-order valence-corrected chi connectivity index (χ2v) is 2.87. The summed E-state index contributed by atoms with van der Waals surface area (Å²) in [7, 11) is 0. The molecule has 0 bridgehead atoms. The molecule has 0 aliphatic heterocycles. The molecule has 1 aromatic carbocycles. The predicted molar refractivity (Wildman–Crippen MR) is 52.7 cm³/mol. The third kappa shape index (κ3) is 3.54. The molecular formula is C11H16N. The molecule has 0 saturated carbocycles. The molecule has 0 amide bonds. The van der Waals surface area contributed by atoms with Crippen LogP contribution in [0, 0.1) is 6.92 Å². The van der Waals surface area contributed by atoms with E-state index in [9.17, 15) is 0 Å². The van der Waals surface area contributed by atoms with E-state index in [1.165, 1.54) is 5.56 Å². The highest BCUT2D eigenvalue weighted by Gasteiger charge is 1.88. The summed E-state index contributed by atoms with van der Waals surface area (Å²) in [5.41, 5.74) is 1.35. The maximum atomic E-state index is 3.79. The van der Waals surface area contributed by atoms with Crippen LogP contribution in [0.3, 0.4) is 0 Å². The van der Waals surface area contributed by atoms with Crippen LogP contribution in [0.15, 0.2) is 30.3 Å². The molecule has 1 nitrogen and oxygen atoms in total. The van der Waals surface area contributed by atoms with Crippen molar-refractivity contribution in [3.8, 4) is 0 Å². The van der Waals surface area contributed by atoms with Gasteiger partial charge in [0.1, 0.15) is 0 Å². The Morgan fingerprint density at radius 2 is 1.92 bits per heavy atom. The minimum absolute atomic E-state index is 0.973. The third-order valence-electron chi connectivity index (χ3n) is 1.78. The number of hydrogen-bond acceptors (Lipinski definition) is 1. The zero-order valence-electron chi connectivity index (χ0n) is 7.42. The van der Waals surface area contributed by atoms with E-state index in [1.807, 2.05) is 6.07 Å². The normalized spacial score (nSPS) is 10.1. The minimum Gasteiger partial charge on any atom is -0.313 e. The standard InChI is InChI=1S/C11H16N/c1-2-3-9-12-10-11-7-5-4-6-8-11/h4-8,12H,1-3,9-10H2. The van der Waals surface area contributed by atoms with Crippen LogP contribution in [0.1, 0.15) is 18.4 Å². The quantitative estimate of drug-likeness (QED) is 0.655. The van der Waals surface area contributed by atoms with Gasteiger partial charge in [-0.15, -0.1) is 0 Å². The molecule has 0 aromatic heterocycles. The smallest absolute Gasteiger partial charge is 0.0205 e. The van der Waals surface area contributed by atoms with Crippen molar-refractivity contribution in [1.82, 2.24) is 5.32 Å². The van der Waals surface area contributed by atoms with Crippen LogP contribution in [-0.2, 0) is 6.54 Å². The van der Waals surface area contributed by atoms with Crippen molar-refractivity contribution in [1.29, 1.82) is 0 Å². The van der Waals surface area contributed by atoms with Crippen molar-refractivity contribution in [2.75, 3.05) is 6.54 Å². The topological polar surface area (TPSA) is 12.0 Å². The summed E-state index contributed by atoms with van der Waals surface area (Å²) in [6.45, 7) is 5.83. The lowest BCUT2D eigenvalue weighted by Crippen LogP contribution is -2.14. The highest BCUT2D eigenvalue weighted by molar-refractivity contribution is 5.14.